The number of ether oxygens (including phenoxy) is 3. The van der Waals surface area contributed by atoms with Crippen molar-refractivity contribution in [2.75, 3.05) is 16.9 Å². The monoisotopic (exact) mass is 766 g/mol. The van der Waals surface area contributed by atoms with E-state index in [1.165, 1.54) is 6.08 Å². The highest BCUT2D eigenvalue weighted by Crippen LogP contribution is 2.38. The molecule has 0 unspecified atom stereocenters. The first-order valence-electron chi connectivity index (χ1n) is 14.8. The summed E-state index contributed by atoms with van der Waals surface area (Å²) in [7, 11) is 1.59. The van der Waals surface area contributed by atoms with Gasteiger partial charge in [-0.3, -0.25) is 9.59 Å². The van der Waals surface area contributed by atoms with Crippen molar-refractivity contribution < 1.29 is 28.6 Å². The van der Waals surface area contributed by atoms with Crippen LogP contribution in [0.1, 0.15) is 16.7 Å². The molecule has 1 aliphatic rings. The summed E-state index contributed by atoms with van der Waals surface area (Å²) in [5, 5.41) is 0. The Labute approximate surface area is 294 Å². The van der Waals surface area contributed by atoms with Crippen molar-refractivity contribution in [3.63, 3.8) is 0 Å². The fraction of sp³-hybridized carbons (Fsp3) is 0.0789. The van der Waals surface area contributed by atoms with Gasteiger partial charge in [0.15, 0.2) is 11.5 Å². The van der Waals surface area contributed by atoms with E-state index in [1.54, 1.807) is 79.9 Å². The van der Waals surface area contributed by atoms with Crippen LogP contribution in [-0.4, -0.2) is 25.0 Å². The summed E-state index contributed by atoms with van der Waals surface area (Å²) in [6.07, 6.45) is 1.47. The molecule has 1 aliphatic heterocycles. The van der Waals surface area contributed by atoms with E-state index in [2.05, 4.69) is 31.9 Å². The van der Waals surface area contributed by atoms with Gasteiger partial charge in [-0.25, -0.2) is 14.6 Å². The first kappa shape index (κ1) is 32.7. The third kappa shape index (κ3) is 7.05. The van der Waals surface area contributed by atoms with E-state index in [1.807, 2.05) is 48.5 Å². The first-order valence-corrected chi connectivity index (χ1v) is 16.4. The molecule has 5 aromatic carbocycles. The molecule has 240 valence electrons. The van der Waals surface area contributed by atoms with E-state index in [0.717, 1.165) is 20.9 Å². The SMILES string of the molecule is COc1cc(COc2c(Br)cc(C=C3C(=O)N(c4ccccc4)C(=O)N(c4ccccc4)C3=O)cc2Br)ccc1OCc1ccccc1. The predicted octanol–water partition coefficient (Wildman–Crippen LogP) is 8.96. The minimum Gasteiger partial charge on any atom is -0.493 e. The average Bonchev–Trinajstić information content (AvgIpc) is 3.10. The van der Waals surface area contributed by atoms with E-state index in [9.17, 15) is 14.4 Å². The minimum atomic E-state index is -0.752. The number of urea groups is 1. The molecule has 10 heteroatoms. The Morgan fingerprint density at radius 3 is 1.67 bits per heavy atom. The molecule has 1 heterocycles. The van der Waals surface area contributed by atoms with Gasteiger partial charge in [0.1, 0.15) is 24.5 Å². The van der Waals surface area contributed by atoms with E-state index in [-0.39, 0.29) is 12.2 Å². The number of amides is 4. The normalized spacial score (nSPS) is 13.1. The Morgan fingerprint density at radius 2 is 1.12 bits per heavy atom. The molecule has 0 radical (unpaired) electrons. The second-order valence-electron chi connectivity index (χ2n) is 10.7. The van der Waals surface area contributed by atoms with Crippen LogP contribution in [0.2, 0.25) is 0 Å². The lowest BCUT2D eigenvalue weighted by Gasteiger charge is -2.34. The van der Waals surface area contributed by atoms with Crippen LogP contribution in [0.15, 0.2) is 136 Å². The number of hydrogen-bond donors (Lipinski definition) is 0. The van der Waals surface area contributed by atoms with Crippen LogP contribution in [0.4, 0.5) is 16.2 Å². The summed E-state index contributed by atoms with van der Waals surface area (Å²) >= 11 is 7.16. The maximum absolute atomic E-state index is 13.7. The van der Waals surface area contributed by atoms with Crippen molar-refractivity contribution in [2.24, 2.45) is 0 Å². The highest BCUT2D eigenvalue weighted by molar-refractivity contribution is 9.11. The van der Waals surface area contributed by atoms with Crippen LogP contribution < -0.4 is 24.0 Å². The molecule has 0 N–H and O–H groups in total. The molecule has 8 nitrogen and oxygen atoms in total. The van der Waals surface area contributed by atoms with Crippen molar-refractivity contribution in [3.8, 4) is 17.2 Å². The summed E-state index contributed by atoms with van der Waals surface area (Å²) in [5.74, 6) is 0.285. The Bertz CT molecular complexity index is 1920. The smallest absolute Gasteiger partial charge is 0.343 e. The number of hydrogen-bond acceptors (Lipinski definition) is 6. The van der Waals surface area contributed by atoms with E-state index in [4.69, 9.17) is 14.2 Å². The molecule has 0 aliphatic carbocycles. The lowest BCUT2D eigenvalue weighted by Crippen LogP contribution is -2.57. The molecular formula is C38H28Br2N2O6. The van der Waals surface area contributed by atoms with Gasteiger partial charge in [0.2, 0.25) is 0 Å². The fourth-order valence-electron chi connectivity index (χ4n) is 5.12. The Balaban J connectivity index is 1.24. The summed E-state index contributed by atoms with van der Waals surface area (Å²) < 4.78 is 18.9. The second kappa shape index (κ2) is 14.7. The third-order valence-electron chi connectivity index (χ3n) is 7.46. The van der Waals surface area contributed by atoms with Gasteiger partial charge in [-0.15, -0.1) is 0 Å². The minimum absolute atomic E-state index is 0.170. The Kier molecular flexibility index (Phi) is 10.0. The highest BCUT2D eigenvalue weighted by atomic mass is 79.9. The first-order chi connectivity index (χ1) is 23.3. The van der Waals surface area contributed by atoms with Gasteiger partial charge < -0.3 is 14.2 Å². The zero-order valence-corrected chi connectivity index (χ0v) is 28.8. The molecule has 0 saturated carbocycles. The van der Waals surface area contributed by atoms with Crippen LogP contribution >= 0.6 is 31.9 Å². The molecule has 0 spiro atoms. The number of carbonyl (C=O) groups is 3. The molecular weight excluding hydrogens is 740 g/mol. The van der Waals surface area contributed by atoms with Crippen LogP contribution in [0, 0.1) is 0 Å². The van der Waals surface area contributed by atoms with Gasteiger partial charge in [0, 0.05) is 0 Å². The van der Waals surface area contributed by atoms with E-state index >= 15 is 0 Å². The van der Waals surface area contributed by atoms with Crippen LogP contribution in [-0.2, 0) is 22.8 Å². The Morgan fingerprint density at radius 1 is 0.604 bits per heavy atom. The molecule has 6 rings (SSSR count). The number of carbonyl (C=O) groups excluding carboxylic acids is 3. The van der Waals surface area contributed by atoms with Crippen LogP contribution in [0.5, 0.6) is 17.2 Å². The molecule has 1 saturated heterocycles. The van der Waals surface area contributed by atoms with Crippen molar-refractivity contribution in [3.05, 3.63) is 153 Å². The predicted molar refractivity (Wildman–Crippen MR) is 191 cm³/mol. The number of rotatable bonds is 10. The van der Waals surface area contributed by atoms with E-state index in [0.29, 0.717) is 49.7 Å². The zero-order chi connectivity index (χ0) is 33.6. The van der Waals surface area contributed by atoms with E-state index < -0.39 is 17.8 Å². The van der Waals surface area contributed by atoms with Gasteiger partial charge >= 0.3 is 6.03 Å². The second-order valence-corrected chi connectivity index (χ2v) is 12.4. The van der Waals surface area contributed by atoms with Crippen molar-refractivity contribution in [2.45, 2.75) is 13.2 Å². The van der Waals surface area contributed by atoms with Gasteiger partial charge in [-0.05, 0) is 103 Å². The maximum Gasteiger partial charge on any atom is 0.343 e. The van der Waals surface area contributed by atoms with Gasteiger partial charge in [0.05, 0.1) is 27.4 Å². The molecule has 48 heavy (non-hydrogen) atoms. The maximum atomic E-state index is 13.7. The lowest BCUT2D eigenvalue weighted by atomic mass is 10.0. The number of halogens is 2. The summed E-state index contributed by atoms with van der Waals surface area (Å²) in [6.45, 7) is 0.641. The summed E-state index contributed by atoms with van der Waals surface area (Å²) in [6, 6.07) is 35.3. The largest absolute Gasteiger partial charge is 0.493 e. The number of nitrogens with zero attached hydrogens (tertiary/aromatic N) is 2. The number of imide groups is 2. The topological polar surface area (TPSA) is 85.4 Å². The van der Waals surface area contributed by atoms with Crippen molar-refractivity contribution >= 4 is 67.2 Å². The number of para-hydroxylation sites is 2. The standard InChI is InChI=1S/C38H28Br2N2O6/c1-46-34-22-26(17-18-33(34)47-23-25-11-5-2-6-12-25)24-48-35-31(39)20-27(21-32(35)40)19-30-36(43)41(28-13-7-3-8-14-28)38(45)42(37(30)44)29-15-9-4-10-16-29/h2-22H,23-24H2,1H3. The van der Waals surface area contributed by atoms with Crippen LogP contribution in [0.25, 0.3) is 6.08 Å². The summed E-state index contributed by atoms with van der Waals surface area (Å²) in [5.41, 5.74) is 2.98. The molecule has 0 bridgehead atoms. The molecule has 4 amide bonds. The average molecular weight is 768 g/mol. The number of anilines is 2. The zero-order valence-electron chi connectivity index (χ0n) is 25.6. The van der Waals surface area contributed by atoms with Gasteiger partial charge in [-0.1, -0.05) is 72.8 Å². The number of methoxy groups -OCH3 is 1. The quantitative estimate of drug-likeness (QED) is 0.104. The molecule has 0 atom stereocenters. The summed E-state index contributed by atoms with van der Waals surface area (Å²) in [4.78, 5) is 43.1. The third-order valence-corrected chi connectivity index (χ3v) is 8.64. The Hall–Kier alpha value is -5.19. The number of benzene rings is 5. The van der Waals surface area contributed by atoms with Crippen LogP contribution in [0.3, 0.4) is 0 Å². The molecule has 1 fully saturated rings. The number of barbiturate groups is 1. The van der Waals surface area contributed by atoms with Crippen molar-refractivity contribution in [1.82, 2.24) is 0 Å². The van der Waals surface area contributed by atoms with Crippen molar-refractivity contribution in [1.29, 1.82) is 0 Å². The van der Waals surface area contributed by atoms with Gasteiger partial charge in [0.25, 0.3) is 11.8 Å². The lowest BCUT2D eigenvalue weighted by molar-refractivity contribution is -0.121. The molecule has 5 aromatic rings. The van der Waals surface area contributed by atoms with Gasteiger partial charge in [-0.2, -0.15) is 0 Å². The fourth-order valence-corrected chi connectivity index (χ4v) is 6.57. The highest BCUT2D eigenvalue weighted by Gasteiger charge is 2.43. The molecule has 0 aromatic heterocycles.